The highest BCUT2D eigenvalue weighted by Gasteiger charge is 2.34. The van der Waals surface area contributed by atoms with Gasteiger partial charge in [-0.05, 0) is 48.8 Å². The van der Waals surface area contributed by atoms with Gasteiger partial charge in [-0.25, -0.2) is 0 Å². The van der Waals surface area contributed by atoms with E-state index in [1.54, 1.807) is 12.1 Å². The van der Waals surface area contributed by atoms with Gasteiger partial charge in [0, 0.05) is 17.1 Å². The highest BCUT2D eigenvalue weighted by Crippen LogP contribution is 2.29. The first-order valence-corrected chi connectivity index (χ1v) is 16.9. The zero-order valence-electron chi connectivity index (χ0n) is 25.5. The SMILES string of the molecule is C#CC[C@H](NC(=O)[C@H](Cc1ccccc1)CS(=O)c1ccccc1)C(=O)N[C@@H](CC1CCCCC1)[C@@H](O)[C@@H](O)CC(C)C. The molecule has 0 bridgehead atoms. The van der Waals surface area contributed by atoms with E-state index < -0.39 is 52.8 Å². The van der Waals surface area contributed by atoms with E-state index in [1.807, 2.05) is 62.4 Å². The lowest BCUT2D eigenvalue weighted by molar-refractivity contribution is -0.132. The van der Waals surface area contributed by atoms with E-state index >= 15 is 0 Å². The summed E-state index contributed by atoms with van der Waals surface area (Å²) in [5, 5.41) is 27.7. The van der Waals surface area contributed by atoms with E-state index in [4.69, 9.17) is 6.42 Å². The smallest absolute Gasteiger partial charge is 0.243 e. The number of aliphatic hydroxyl groups excluding tert-OH is 2. The highest BCUT2D eigenvalue weighted by molar-refractivity contribution is 7.85. The van der Waals surface area contributed by atoms with E-state index in [0.29, 0.717) is 30.1 Å². The largest absolute Gasteiger partial charge is 0.390 e. The molecule has 2 aromatic carbocycles. The standard InChI is InChI=1S/C35H48N2O5S/c1-4-14-30(35(41)37-31(23-27-17-10-6-11-18-27)33(39)32(38)21-25(2)3)36-34(40)28(22-26-15-8-5-9-16-26)24-43(42)29-19-12-7-13-20-29/h1,5,7-9,12-13,15-16,19-20,25,27-28,30-33,38-39H,6,10-11,14,17-18,21-24H2,2-3H3,(H,36,40)(H,37,41)/t28-,30+,31+,32+,33-,43?/m1/s1. The summed E-state index contributed by atoms with van der Waals surface area (Å²) in [5.41, 5.74) is 0.917. The molecule has 2 aromatic rings. The monoisotopic (exact) mass is 608 g/mol. The van der Waals surface area contributed by atoms with Gasteiger partial charge in [0.05, 0.1) is 28.9 Å². The molecule has 1 saturated carbocycles. The van der Waals surface area contributed by atoms with Crippen LogP contribution in [0.2, 0.25) is 0 Å². The lowest BCUT2D eigenvalue weighted by Crippen LogP contribution is -2.56. The molecule has 0 saturated heterocycles. The van der Waals surface area contributed by atoms with Gasteiger partial charge < -0.3 is 20.8 Å². The van der Waals surface area contributed by atoms with Crippen LogP contribution in [0.5, 0.6) is 0 Å². The Hall–Kier alpha value is -2.99. The molecule has 234 valence electrons. The maximum absolute atomic E-state index is 13.7. The lowest BCUT2D eigenvalue weighted by Gasteiger charge is -2.33. The van der Waals surface area contributed by atoms with E-state index in [2.05, 4.69) is 16.6 Å². The van der Waals surface area contributed by atoms with Gasteiger partial charge in [-0.2, -0.15) is 0 Å². The van der Waals surface area contributed by atoms with Crippen LogP contribution in [0.15, 0.2) is 65.6 Å². The number of carbonyl (C=O) groups is 2. The van der Waals surface area contributed by atoms with Crippen molar-refractivity contribution < 1.29 is 24.0 Å². The van der Waals surface area contributed by atoms with Crippen LogP contribution in [-0.2, 0) is 26.8 Å². The predicted molar refractivity (Wildman–Crippen MR) is 171 cm³/mol. The Bertz CT molecular complexity index is 1190. The molecule has 1 unspecified atom stereocenters. The van der Waals surface area contributed by atoms with E-state index in [9.17, 15) is 24.0 Å². The molecule has 1 aliphatic rings. The third kappa shape index (κ3) is 11.6. The fraction of sp³-hybridized carbons (Fsp3) is 0.543. The molecular weight excluding hydrogens is 560 g/mol. The Morgan fingerprint density at radius 1 is 0.953 bits per heavy atom. The molecule has 7 nitrogen and oxygen atoms in total. The summed E-state index contributed by atoms with van der Waals surface area (Å²) >= 11 is 0. The zero-order chi connectivity index (χ0) is 31.2. The summed E-state index contributed by atoms with van der Waals surface area (Å²) < 4.78 is 13.2. The molecule has 0 heterocycles. The van der Waals surface area contributed by atoms with Gasteiger partial charge in [-0.1, -0.05) is 94.5 Å². The van der Waals surface area contributed by atoms with Crippen LogP contribution in [0, 0.1) is 30.1 Å². The number of terminal acetylenes is 1. The van der Waals surface area contributed by atoms with Crippen LogP contribution in [0.1, 0.15) is 70.8 Å². The number of carbonyl (C=O) groups excluding carboxylic acids is 2. The summed E-state index contributed by atoms with van der Waals surface area (Å²) in [6, 6.07) is 16.8. The lowest BCUT2D eigenvalue weighted by atomic mass is 9.82. The van der Waals surface area contributed by atoms with Crippen LogP contribution in [-0.4, -0.2) is 56.3 Å². The van der Waals surface area contributed by atoms with E-state index in [0.717, 1.165) is 31.2 Å². The van der Waals surface area contributed by atoms with Crippen LogP contribution < -0.4 is 10.6 Å². The molecule has 43 heavy (non-hydrogen) atoms. The second kappa shape index (κ2) is 18.0. The molecule has 3 rings (SSSR count). The molecule has 0 radical (unpaired) electrons. The molecular formula is C35H48N2O5S. The Labute approximate surface area is 259 Å². The van der Waals surface area contributed by atoms with Crippen molar-refractivity contribution in [1.82, 2.24) is 10.6 Å². The average Bonchev–Trinajstić information content (AvgIpc) is 3.00. The molecule has 0 spiro atoms. The van der Waals surface area contributed by atoms with Crippen molar-refractivity contribution in [3.05, 3.63) is 66.2 Å². The number of amides is 2. The summed E-state index contributed by atoms with van der Waals surface area (Å²) in [6.45, 7) is 3.94. The first-order valence-electron chi connectivity index (χ1n) is 15.6. The predicted octanol–water partition coefficient (Wildman–Crippen LogP) is 4.38. The van der Waals surface area contributed by atoms with Gasteiger partial charge in [-0.3, -0.25) is 13.8 Å². The number of hydrogen-bond acceptors (Lipinski definition) is 5. The van der Waals surface area contributed by atoms with Crippen molar-refractivity contribution in [3.63, 3.8) is 0 Å². The maximum atomic E-state index is 13.7. The maximum Gasteiger partial charge on any atom is 0.243 e. The minimum atomic E-state index is -1.43. The fourth-order valence-corrected chi connectivity index (χ4v) is 7.12. The second-order valence-electron chi connectivity index (χ2n) is 12.2. The summed E-state index contributed by atoms with van der Waals surface area (Å²) in [5.74, 6) is 1.51. The molecule has 6 atom stereocenters. The van der Waals surface area contributed by atoms with Crippen LogP contribution in [0.3, 0.4) is 0 Å². The quantitative estimate of drug-likeness (QED) is 0.211. The normalized spacial score (nSPS) is 18.0. The number of hydrogen-bond donors (Lipinski definition) is 4. The molecule has 1 aliphatic carbocycles. The van der Waals surface area contributed by atoms with Gasteiger partial charge in [0.15, 0.2) is 0 Å². The Kier molecular flexibility index (Phi) is 14.4. The Morgan fingerprint density at radius 2 is 1.58 bits per heavy atom. The first kappa shape index (κ1) is 34.5. The summed E-state index contributed by atoms with van der Waals surface area (Å²) in [6.07, 6.45) is 10.2. The van der Waals surface area contributed by atoms with Crippen molar-refractivity contribution in [3.8, 4) is 12.3 Å². The number of benzene rings is 2. The number of nitrogens with one attached hydrogen (secondary N) is 2. The van der Waals surface area contributed by atoms with Crippen LogP contribution in [0.4, 0.5) is 0 Å². The molecule has 8 heteroatoms. The first-order chi connectivity index (χ1) is 20.7. The minimum Gasteiger partial charge on any atom is -0.390 e. The molecule has 4 N–H and O–H groups in total. The van der Waals surface area contributed by atoms with Gasteiger partial charge in [0.1, 0.15) is 12.1 Å². The number of aliphatic hydroxyl groups is 2. The average molecular weight is 609 g/mol. The molecule has 1 fully saturated rings. The van der Waals surface area contributed by atoms with Crippen LogP contribution in [0.25, 0.3) is 0 Å². The highest BCUT2D eigenvalue weighted by atomic mass is 32.2. The second-order valence-corrected chi connectivity index (χ2v) is 13.7. The van der Waals surface area contributed by atoms with E-state index in [1.165, 1.54) is 6.42 Å². The van der Waals surface area contributed by atoms with Gasteiger partial charge in [0.25, 0.3) is 0 Å². The minimum absolute atomic E-state index is 0.0435. The van der Waals surface area contributed by atoms with Crippen LogP contribution >= 0.6 is 0 Å². The third-order valence-electron chi connectivity index (χ3n) is 8.17. The summed E-state index contributed by atoms with van der Waals surface area (Å²) in [4.78, 5) is 27.9. The van der Waals surface area contributed by atoms with Gasteiger partial charge in [0.2, 0.25) is 11.8 Å². The topological polar surface area (TPSA) is 116 Å². The van der Waals surface area contributed by atoms with E-state index in [-0.39, 0.29) is 18.1 Å². The van der Waals surface area contributed by atoms with Crippen molar-refractivity contribution >= 4 is 22.6 Å². The number of rotatable bonds is 16. The molecule has 0 aliphatic heterocycles. The Morgan fingerprint density at radius 3 is 2.19 bits per heavy atom. The van der Waals surface area contributed by atoms with Gasteiger partial charge in [-0.15, -0.1) is 12.3 Å². The van der Waals surface area contributed by atoms with Gasteiger partial charge >= 0.3 is 0 Å². The van der Waals surface area contributed by atoms with Crippen molar-refractivity contribution in [2.45, 2.75) is 101 Å². The Balaban J connectivity index is 1.77. The fourth-order valence-electron chi connectivity index (χ4n) is 5.83. The zero-order valence-corrected chi connectivity index (χ0v) is 26.3. The van der Waals surface area contributed by atoms with Crippen molar-refractivity contribution in [2.24, 2.45) is 17.8 Å². The molecule has 0 aromatic heterocycles. The third-order valence-corrected chi connectivity index (χ3v) is 9.67. The molecule has 2 amide bonds. The van der Waals surface area contributed by atoms with Crippen molar-refractivity contribution in [1.29, 1.82) is 0 Å². The summed E-state index contributed by atoms with van der Waals surface area (Å²) in [7, 11) is -1.43. The van der Waals surface area contributed by atoms with Crippen molar-refractivity contribution in [2.75, 3.05) is 5.75 Å².